The van der Waals surface area contributed by atoms with Crippen molar-refractivity contribution >= 4 is 29.3 Å². The first kappa shape index (κ1) is 27.6. The highest BCUT2D eigenvalue weighted by Gasteiger charge is 2.58. The van der Waals surface area contributed by atoms with Gasteiger partial charge in [0, 0.05) is 11.1 Å². The molecule has 2 heterocycles. The molecule has 186 valence electrons. The van der Waals surface area contributed by atoms with Gasteiger partial charge in [-0.1, -0.05) is 11.7 Å². The van der Waals surface area contributed by atoms with E-state index in [-0.39, 0.29) is 11.7 Å². The summed E-state index contributed by atoms with van der Waals surface area (Å²) in [4.78, 5) is 43.1. The topological polar surface area (TPSA) is 280 Å². The minimum atomic E-state index is -5.83. The molecule has 2 unspecified atom stereocenters. The monoisotopic (exact) mass is 538 g/mol. The van der Waals surface area contributed by atoms with E-state index in [1.165, 1.54) is 12.3 Å². The van der Waals surface area contributed by atoms with Crippen molar-refractivity contribution in [2.75, 3.05) is 13.2 Å². The van der Waals surface area contributed by atoms with Crippen molar-refractivity contribution in [2.45, 2.75) is 24.1 Å². The van der Waals surface area contributed by atoms with Crippen molar-refractivity contribution in [3.05, 3.63) is 35.1 Å². The second-order valence-corrected chi connectivity index (χ2v) is 10.8. The fourth-order valence-corrected chi connectivity index (χ4v) is 5.77. The summed E-state index contributed by atoms with van der Waals surface area (Å²) in [7, 11) is -17.1. The van der Waals surface area contributed by atoms with Crippen LogP contribution in [0.2, 0.25) is 0 Å². The lowest BCUT2D eigenvalue weighted by atomic mass is 9.97. The van der Waals surface area contributed by atoms with E-state index in [1.54, 1.807) is 0 Å². The zero-order chi connectivity index (χ0) is 25.2. The van der Waals surface area contributed by atoms with E-state index >= 15 is 0 Å². The molecule has 0 amide bonds. The van der Waals surface area contributed by atoms with Gasteiger partial charge in [0.1, 0.15) is 23.4 Å². The van der Waals surface area contributed by atoms with Gasteiger partial charge in [0.2, 0.25) is 0 Å². The van der Waals surface area contributed by atoms with Gasteiger partial charge in [-0.25, -0.2) is 23.1 Å². The maximum absolute atomic E-state index is 14.9. The van der Waals surface area contributed by atoms with Gasteiger partial charge in [-0.3, -0.25) is 4.52 Å². The largest absolute Gasteiger partial charge is 0.490 e. The molecular weight excluding hydrogens is 520 g/mol. The molecule has 1 fully saturated rings. The van der Waals surface area contributed by atoms with Gasteiger partial charge in [-0.15, -0.1) is 0 Å². The number of halogens is 1. The van der Waals surface area contributed by atoms with Gasteiger partial charge in [-0.05, 0) is 11.6 Å². The van der Waals surface area contributed by atoms with Gasteiger partial charge in [0.05, 0.1) is 13.2 Å². The van der Waals surface area contributed by atoms with Gasteiger partial charge >= 0.3 is 23.5 Å². The van der Waals surface area contributed by atoms with Crippen molar-refractivity contribution in [3.8, 4) is 0 Å². The molecule has 0 aromatic rings. The zero-order valence-electron chi connectivity index (χ0n) is 16.1. The molecular formula is C11H18FN6O12P3. The summed E-state index contributed by atoms with van der Waals surface area (Å²) < 4.78 is 66.0. The van der Waals surface area contributed by atoms with E-state index in [1.807, 2.05) is 0 Å². The molecule has 0 spiro atoms. The van der Waals surface area contributed by atoms with E-state index in [0.29, 0.717) is 0 Å². The molecule has 0 aliphatic carbocycles. The average molecular weight is 538 g/mol. The molecule has 18 nitrogen and oxygen atoms in total. The summed E-state index contributed by atoms with van der Waals surface area (Å²) in [6.07, 6.45) is -3.64. The van der Waals surface area contributed by atoms with Crippen LogP contribution in [0.5, 0.6) is 0 Å². The van der Waals surface area contributed by atoms with Crippen LogP contribution < -0.4 is 5.73 Å². The SMILES string of the molecule is C=C1N=C(N)C=CN1[C@@H]1O[C@](CN=[N+]=[N-])(COP(=O)(O)OP(=O)(O)OP(=O)(O)O)[C@@H](O)[C@H]1F. The third-order valence-electron chi connectivity index (χ3n) is 3.99. The molecule has 0 radical (unpaired) electrons. The van der Waals surface area contributed by atoms with E-state index in [4.69, 9.17) is 25.8 Å². The number of nitrogens with two attached hydrogens (primary N) is 1. The number of rotatable bonds is 10. The highest BCUT2D eigenvalue weighted by Crippen LogP contribution is 2.66. The van der Waals surface area contributed by atoms with Crippen LogP contribution >= 0.6 is 23.5 Å². The molecule has 6 atom stereocenters. The van der Waals surface area contributed by atoms with Crippen LogP contribution in [0.15, 0.2) is 34.8 Å². The molecule has 2 aliphatic rings. The maximum Gasteiger partial charge on any atom is 0.490 e. The van der Waals surface area contributed by atoms with E-state index in [9.17, 15) is 33.0 Å². The number of phosphoric ester groups is 1. The Bertz CT molecular complexity index is 1040. The van der Waals surface area contributed by atoms with Crippen LogP contribution in [0.3, 0.4) is 0 Å². The molecule has 33 heavy (non-hydrogen) atoms. The Labute approximate surface area is 183 Å². The van der Waals surface area contributed by atoms with Gasteiger partial charge < -0.3 is 40.1 Å². The minimum absolute atomic E-state index is 0.0261. The van der Waals surface area contributed by atoms with Crippen molar-refractivity contribution in [1.82, 2.24) is 4.90 Å². The lowest BCUT2D eigenvalue weighted by molar-refractivity contribution is -0.126. The predicted molar refractivity (Wildman–Crippen MR) is 104 cm³/mol. The van der Waals surface area contributed by atoms with Crippen LogP contribution in [-0.2, 0) is 31.6 Å². The number of aliphatic imine (C=N–C) groups is 1. The summed E-state index contributed by atoms with van der Waals surface area (Å²) >= 11 is 0. The van der Waals surface area contributed by atoms with Crippen molar-refractivity contribution in [3.63, 3.8) is 0 Å². The van der Waals surface area contributed by atoms with Gasteiger partial charge in [0.25, 0.3) is 0 Å². The number of aliphatic hydroxyl groups excluding tert-OH is 1. The molecule has 2 rings (SSSR count). The first-order valence-corrected chi connectivity index (χ1v) is 12.8. The van der Waals surface area contributed by atoms with E-state index in [0.717, 1.165) is 4.90 Å². The zero-order valence-corrected chi connectivity index (χ0v) is 18.8. The number of hydrogen-bond acceptors (Lipinski definition) is 12. The first-order chi connectivity index (χ1) is 15.0. The Balaban J connectivity index is 2.24. The number of hydrogen-bond donors (Lipinski definition) is 6. The lowest BCUT2D eigenvalue weighted by Crippen LogP contribution is -2.48. The molecule has 7 N–H and O–H groups in total. The number of alkyl halides is 1. The summed E-state index contributed by atoms with van der Waals surface area (Å²) in [5.41, 5.74) is 11.7. The number of nitrogens with zero attached hydrogens (tertiary/aromatic N) is 5. The Kier molecular flexibility index (Phi) is 8.27. The Morgan fingerprint density at radius 3 is 2.52 bits per heavy atom. The summed E-state index contributed by atoms with van der Waals surface area (Å²) in [6.45, 7) is 1.40. The second-order valence-electron chi connectivity index (χ2n) is 6.39. The van der Waals surface area contributed by atoms with Crippen LogP contribution in [0.1, 0.15) is 0 Å². The van der Waals surface area contributed by atoms with Crippen LogP contribution in [0, 0.1) is 0 Å². The summed E-state index contributed by atoms with van der Waals surface area (Å²) in [5.74, 6) is -0.0828. The second kappa shape index (κ2) is 9.90. The number of azide groups is 1. The number of ether oxygens (including phenoxy) is 1. The highest BCUT2D eigenvalue weighted by atomic mass is 31.3. The minimum Gasteiger partial charge on any atom is -0.387 e. The van der Waals surface area contributed by atoms with Crippen molar-refractivity contribution in [2.24, 2.45) is 15.8 Å². The summed E-state index contributed by atoms with van der Waals surface area (Å²) in [5, 5.41) is 13.6. The maximum atomic E-state index is 14.9. The fraction of sp³-hybridized carbons (Fsp3) is 0.545. The number of amidine groups is 1. The Hall–Kier alpha value is -1.68. The van der Waals surface area contributed by atoms with E-state index in [2.05, 4.69) is 34.7 Å². The third-order valence-corrected chi connectivity index (χ3v) is 7.78. The average Bonchev–Trinajstić information content (AvgIpc) is 2.88. The molecule has 0 aromatic carbocycles. The predicted octanol–water partition coefficient (Wildman–Crippen LogP) is 0.0918. The van der Waals surface area contributed by atoms with Crippen molar-refractivity contribution < 1.29 is 60.6 Å². The standard InChI is InChI=1S/C11H18FN6O12P3/c1-6-16-7(13)2-3-18(6)10-8(12)9(19)11(28-10,4-15-17-14)5-27-32(23,24)30-33(25,26)29-31(20,21)22/h2-3,8-10,19H,1,4-5H2,(H2,13,16)(H,23,24)(H,25,26)(H2,20,21,22)/t8-,9+,10-,11-/m1/s1. The Morgan fingerprint density at radius 1 is 1.33 bits per heavy atom. The fourth-order valence-electron chi connectivity index (χ4n) is 2.69. The van der Waals surface area contributed by atoms with Gasteiger partial charge in [-0.2, -0.15) is 8.62 Å². The number of phosphoric acid groups is 3. The number of aliphatic hydroxyl groups is 1. The van der Waals surface area contributed by atoms with Gasteiger partial charge in [0.15, 0.2) is 12.4 Å². The van der Waals surface area contributed by atoms with Crippen LogP contribution in [0.25, 0.3) is 10.4 Å². The molecule has 2 aliphatic heterocycles. The highest BCUT2D eigenvalue weighted by molar-refractivity contribution is 7.66. The molecule has 1 saturated heterocycles. The quantitative estimate of drug-likeness (QED) is 0.0931. The Morgan fingerprint density at radius 2 is 1.97 bits per heavy atom. The molecule has 0 bridgehead atoms. The van der Waals surface area contributed by atoms with Crippen LogP contribution in [-0.4, -0.2) is 72.7 Å². The molecule has 22 heteroatoms. The van der Waals surface area contributed by atoms with E-state index < -0.39 is 60.7 Å². The molecule has 0 saturated carbocycles. The lowest BCUT2D eigenvalue weighted by Gasteiger charge is -2.33. The smallest absolute Gasteiger partial charge is 0.387 e. The van der Waals surface area contributed by atoms with Crippen LogP contribution in [0.4, 0.5) is 4.39 Å². The molecule has 0 aromatic heterocycles. The van der Waals surface area contributed by atoms with Crippen molar-refractivity contribution in [1.29, 1.82) is 0 Å². The third kappa shape index (κ3) is 7.15. The summed E-state index contributed by atoms with van der Waals surface area (Å²) in [6, 6.07) is 0. The normalized spacial score (nSPS) is 31.5. The first-order valence-electron chi connectivity index (χ1n) is 8.30.